The molecule has 1 saturated heterocycles. The van der Waals surface area contributed by atoms with Crippen molar-refractivity contribution in [1.29, 1.82) is 0 Å². The van der Waals surface area contributed by atoms with Crippen molar-refractivity contribution in [3.8, 4) is 5.75 Å². The molecule has 6 heteroatoms. The topological polar surface area (TPSA) is 66.2 Å². The lowest BCUT2D eigenvalue weighted by atomic mass is 9.55. The van der Waals surface area contributed by atoms with E-state index in [2.05, 4.69) is 98.5 Å². The highest BCUT2D eigenvalue weighted by molar-refractivity contribution is 5.72. The number of nitrogens with zero attached hydrogens (tertiary/aromatic N) is 1. The minimum atomic E-state index is -0.754. The SMILES string of the molecule is COc1ccc2c(c1)C(C)=C(COC(C(C)C)C1(N)C3OC(C)(C)COCC3=CC3CC1(C)[C@H](C)CC1C3C1(C)C)N(C)C2. The number of methoxy groups -OCH3 is 1. The maximum atomic E-state index is 8.13. The largest absolute Gasteiger partial charge is 0.497 e. The molecule has 44 heavy (non-hydrogen) atoms. The average molecular weight is 607 g/mol. The van der Waals surface area contributed by atoms with Gasteiger partial charge in [-0.1, -0.05) is 53.7 Å². The van der Waals surface area contributed by atoms with Gasteiger partial charge in [-0.15, -0.1) is 0 Å². The van der Waals surface area contributed by atoms with Gasteiger partial charge in [-0.3, -0.25) is 0 Å². The maximum Gasteiger partial charge on any atom is 0.119 e. The highest BCUT2D eigenvalue weighted by Gasteiger charge is 2.69. The zero-order valence-corrected chi connectivity index (χ0v) is 29.3. The molecule has 3 fully saturated rings. The standard InChI is InChI=1S/C38H58N2O4/c1-22(2)33(43-20-31-24(4)29-16-28(41-11)13-12-25(29)18-40(31)10)38(39)34-27(19-42-21-35(5,6)44-34)15-26-17-37(38,9)23(3)14-30-32(26)36(30,7)8/h12-13,15-16,22-23,26,30,32-34H,14,17-21,39H2,1-11H3/t23-,26?,30?,32?,33?,34?,37?,38?/m1/s1. The number of hydrogen-bond donors (Lipinski definition) is 1. The molecule has 6 rings (SSSR count). The van der Waals surface area contributed by atoms with Gasteiger partial charge >= 0.3 is 0 Å². The van der Waals surface area contributed by atoms with Gasteiger partial charge in [0.1, 0.15) is 11.9 Å². The fourth-order valence-electron chi connectivity index (χ4n) is 10.1. The minimum Gasteiger partial charge on any atom is -0.497 e. The monoisotopic (exact) mass is 606 g/mol. The summed E-state index contributed by atoms with van der Waals surface area (Å²) in [4.78, 5) is 2.34. The fraction of sp³-hybridized carbons (Fsp3) is 0.737. The van der Waals surface area contributed by atoms with Crippen LogP contribution >= 0.6 is 0 Å². The highest BCUT2D eigenvalue weighted by atomic mass is 16.6. The lowest BCUT2D eigenvalue weighted by Gasteiger charge is -2.58. The van der Waals surface area contributed by atoms with Crippen molar-refractivity contribution in [2.45, 2.75) is 105 Å². The average Bonchev–Trinajstić information content (AvgIpc) is 3.58. The van der Waals surface area contributed by atoms with Crippen molar-refractivity contribution in [2.24, 2.45) is 46.2 Å². The van der Waals surface area contributed by atoms with Gasteiger partial charge in [0, 0.05) is 19.3 Å². The Morgan fingerprint density at radius 1 is 1.14 bits per heavy atom. The molecule has 244 valence electrons. The number of hydrogen-bond acceptors (Lipinski definition) is 6. The van der Waals surface area contributed by atoms with Gasteiger partial charge < -0.3 is 29.6 Å². The summed E-state index contributed by atoms with van der Waals surface area (Å²) in [5.41, 5.74) is 13.3. The first-order valence-corrected chi connectivity index (χ1v) is 17.0. The van der Waals surface area contributed by atoms with Crippen molar-refractivity contribution in [3.63, 3.8) is 0 Å². The van der Waals surface area contributed by atoms with Crippen LogP contribution in [0.25, 0.3) is 5.57 Å². The van der Waals surface area contributed by atoms with Crippen molar-refractivity contribution >= 4 is 5.57 Å². The van der Waals surface area contributed by atoms with Gasteiger partial charge in [-0.2, -0.15) is 0 Å². The molecule has 2 aliphatic heterocycles. The molecule has 8 atom stereocenters. The van der Waals surface area contributed by atoms with Crippen LogP contribution in [-0.2, 0) is 20.8 Å². The number of nitrogens with two attached hydrogens (primary N) is 1. The van der Waals surface area contributed by atoms with Crippen LogP contribution in [0.2, 0.25) is 0 Å². The second kappa shape index (κ2) is 10.9. The molecule has 0 radical (unpaired) electrons. The molecular weight excluding hydrogens is 548 g/mol. The van der Waals surface area contributed by atoms with E-state index in [4.69, 9.17) is 24.7 Å². The third-order valence-electron chi connectivity index (χ3n) is 12.8. The lowest BCUT2D eigenvalue weighted by molar-refractivity contribution is -0.176. The maximum absolute atomic E-state index is 8.13. The number of fused-ring (bicyclic) bond motifs is 6. The minimum absolute atomic E-state index is 0.189. The molecule has 5 aliphatic rings. The highest BCUT2D eigenvalue weighted by Crippen LogP contribution is 2.71. The molecule has 2 heterocycles. The second-order valence-electron chi connectivity index (χ2n) is 16.7. The van der Waals surface area contributed by atoms with Gasteiger partial charge in [0.25, 0.3) is 0 Å². The van der Waals surface area contributed by atoms with E-state index in [-0.39, 0.29) is 23.5 Å². The molecule has 0 aromatic heterocycles. The molecule has 7 unspecified atom stereocenters. The molecule has 2 N–H and O–H groups in total. The zero-order valence-electron chi connectivity index (χ0n) is 29.3. The van der Waals surface area contributed by atoms with Crippen molar-refractivity contribution in [3.05, 3.63) is 46.7 Å². The Morgan fingerprint density at radius 2 is 1.86 bits per heavy atom. The van der Waals surface area contributed by atoms with Crippen molar-refractivity contribution in [2.75, 3.05) is 34.0 Å². The summed E-state index contributed by atoms with van der Waals surface area (Å²) >= 11 is 0. The van der Waals surface area contributed by atoms with E-state index in [1.54, 1.807) is 7.11 Å². The lowest BCUT2D eigenvalue weighted by Crippen LogP contribution is -2.73. The summed E-state index contributed by atoms with van der Waals surface area (Å²) < 4.78 is 26.3. The number of rotatable bonds is 6. The molecule has 0 spiro atoms. The Morgan fingerprint density at radius 3 is 2.55 bits per heavy atom. The van der Waals surface area contributed by atoms with Crippen LogP contribution in [0.3, 0.4) is 0 Å². The van der Waals surface area contributed by atoms with Gasteiger partial charge in [-0.25, -0.2) is 0 Å². The first-order valence-electron chi connectivity index (χ1n) is 17.0. The van der Waals surface area contributed by atoms with Crippen molar-refractivity contribution in [1.82, 2.24) is 4.90 Å². The number of allylic oxidation sites excluding steroid dienone is 2. The van der Waals surface area contributed by atoms with E-state index >= 15 is 0 Å². The summed E-state index contributed by atoms with van der Waals surface area (Å²) in [5.74, 6) is 3.37. The quantitative estimate of drug-likeness (QED) is 0.350. The summed E-state index contributed by atoms with van der Waals surface area (Å²) in [5, 5.41) is 0. The van der Waals surface area contributed by atoms with E-state index in [0.717, 1.165) is 24.6 Å². The Labute approximate surface area is 266 Å². The third-order valence-corrected chi connectivity index (χ3v) is 12.8. The Hall–Kier alpha value is -1.86. The third kappa shape index (κ3) is 4.89. The van der Waals surface area contributed by atoms with E-state index in [1.807, 2.05) is 0 Å². The first-order chi connectivity index (χ1) is 20.5. The molecule has 6 nitrogen and oxygen atoms in total. The van der Waals surface area contributed by atoms with Crippen LogP contribution in [0.15, 0.2) is 35.5 Å². The number of benzene rings is 1. The predicted molar refractivity (Wildman–Crippen MR) is 177 cm³/mol. The smallest absolute Gasteiger partial charge is 0.119 e. The van der Waals surface area contributed by atoms with Crippen LogP contribution in [0.4, 0.5) is 0 Å². The van der Waals surface area contributed by atoms with Gasteiger partial charge in [-0.05, 0) is 108 Å². The predicted octanol–water partition coefficient (Wildman–Crippen LogP) is 7.07. The Bertz CT molecular complexity index is 1350. The van der Waals surface area contributed by atoms with Gasteiger partial charge in [0.15, 0.2) is 0 Å². The summed E-state index contributed by atoms with van der Waals surface area (Å²) in [6.45, 7) is 23.4. The first kappa shape index (κ1) is 32.1. The normalized spacial score (nSPS) is 38.0. The van der Waals surface area contributed by atoms with E-state index < -0.39 is 11.1 Å². The molecular formula is C38H58N2O4. The summed E-state index contributed by atoms with van der Waals surface area (Å²) in [6, 6.07) is 6.39. The van der Waals surface area contributed by atoms with Crippen LogP contribution in [0.1, 0.15) is 86.3 Å². The molecule has 1 aromatic rings. The van der Waals surface area contributed by atoms with Gasteiger partial charge in [0.05, 0.1) is 44.2 Å². The molecule has 1 aromatic carbocycles. The molecule has 2 saturated carbocycles. The van der Waals surface area contributed by atoms with Gasteiger partial charge in [0.2, 0.25) is 0 Å². The van der Waals surface area contributed by atoms with E-state index in [0.29, 0.717) is 43.0 Å². The zero-order chi connectivity index (χ0) is 32.0. The summed E-state index contributed by atoms with van der Waals surface area (Å²) in [6.07, 6.45) is 4.30. The number of likely N-dealkylation sites (N-methyl/N-ethyl adjacent to an activating group) is 1. The summed E-state index contributed by atoms with van der Waals surface area (Å²) in [7, 11) is 3.90. The molecule has 0 amide bonds. The van der Waals surface area contributed by atoms with Crippen LogP contribution < -0.4 is 10.5 Å². The van der Waals surface area contributed by atoms with E-state index in [9.17, 15) is 0 Å². The second-order valence-corrected chi connectivity index (χ2v) is 16.7. The fourth-order valence-corrected chi connectivity index (χ4v) is 10.1. The number of ether oxygens (including phenoxy) is 4. The van der Waals surface area contributed by atoms with Crippen LogP contribution in [0.5, 0.6) is 5.75 Å². The molecule has 2 bridgehead atoms. The van der Waals surface area contributed by atoms with E-state index in [1.165, 1.54) is 34.4 Å². The van der Waals surface area contributed by atoms with Crippen molar-refractivity contribution < 1.29 is 18.9 Å². The molecule has 3 aliphatic carbocycles. The van der Waals surface area contributed by atoms with Crippen LogP contribution in [-0.4, -0.2) is 62.2 Å². The Kier molecular flexibility index (Phi) is 7.92. The van der Waals surface area contributed by atoms with Crippen LogP contribution in [0, 0.1) is 40.4 Å². The Balaban J connectivity index is 1.43.